The molecule has 206 valence electrons. The Morgan fingerprint density at radius 1 is 0.667 bits per heavy atom. The minimum absolute atomic E-state index is 0.0103. The molecule has 0 radical (unpaired) electrons. The molecule has 0 amide bonds. The number of hydrogen-bond acceptors (Lipinski definition) is 3. The lowest BCUT2D eigenvalue weighted by atomic mass is 9.48. The number of anilines is 3. The summed E-state index contributed by atoms with van der Waals surface area (Å²) in [5, 5.41) is 5.99. The van der Waals surface area contributed by atoms with Gasteiger partial charge in [-0.05, 0) is 80.1 Å². The molecule has 2 aliphatic rings. The number of hydrogen-bond donors (Lipinski definition) is 0. The maximum Gasteiger partial charge on any atom is 0.432 e. The average molecular weight is 564 g/mol. The van der Waals surface area contributed by atoms with Crippen LogP contribution in [0.3, 0.4) is 0 Å². The highest BCUT2D eigenvalue weighted by Crippen LogP contribution is 2.48. The molecule has 0 saturated carbocycles. The quantitative estimate of drug-likeness (QED) is 0.185. The van der Waals surface area contributed by atoms with Gasteiger partial charge in [0.25, 0.3) is 0 Å². The van der Waals surface area contributed by atoms with Gasteiger partial charge in [0, 0.05) is 37.9 Å². The van der Waals surface area contributed by atoms with Crippen molar-refractivity contribution in [3.05, 3.63) is 108 Å². The summed E-state index contributed by atoms with van der Waals surface area (Å²) in [4.78, 5) is 2.55. The topological polar surface area (TPSA) is 12.5 Å². The van der Waals surface area contributed by atoms with Gasteiger partial charge in [0.15, 0.2) is 0 Å². The van der Waals surface area contributed by atoms with Crippen molar-refractivity contribution in [3.8, 4) is 16.9 Å². The Kier molecular flexibility index (Phi) is 5.35. The molecule has 0 aliphatic carbocycles. The molecule has 8 rings (SSSR count). The average Bonchev–Trinajstić information content (AvgIpc) is 3.44. The van der Waals surface area contributed by atoms with Crippen molar-refractivity contribution in [2.45, 2.75) is 52.4 Å². The Balaban J connectivity index is 1.55. The Morgan fingerprint density at radius 2 is 1.38 bits per heavy atom. The van der Waals surface area contributed by atoms with E-state index in [9.17, 15) is 0 Å². The molecular weight excluding hydrogens is 529 g/mol. The maximum atomic E-state index is 7.02. The summed E-state index contributed by atoms with van der Waals surface area (Å²) in [5.74, 6) is 0.953. The van der Waals surface area contributed by atoms with Crippen LogP contribution in [0.25, 0.3) is 32.0 Å². The number of rotatable bonds is 1. The Bertz CT molecular complexity index is 2030. The zero-order chi connectivity index (χ0) is 29.0. The van der Waals surface area contributed by atoms with Crippen LogP contribution >= 0.6 is 11.3 Å². The molecule has 0 spiro atoms. The number of para-hydroxylation sites is 1. The maximum absolute atomic E-state index is 7.02. The molecule has 2 aliphatic heterocycles. The number of nitrogens with zero attached hydrogens (tertiary/aromatic N) is 1. The molecule has 0 saturated heterocycles. The minimum Gasteiger partial charge on any atom is -0.551 e. The van der Waals surface area contributed by atoms with Crippen LogP contribution < -0.4 is 20.5 Å². The molecule has 5 aromatic carbocycles. The molecule has 4 heteroatoms. The molecule has 0 atom stereocenters. The third-order valence-corrected chi connectivity index (χ3v) is 9.90. The van der Waals surface area contributed by atoms with Gasteiger partial charge in [-0.2, -0.15) is 0 Å². The van der Waals surface area contributed by atoms with Gasteiger partial charge in [0.2, 0.25) is 0 Å². The largest absolute Gasteiger partial charge is 0.551 e. The molecular formula is C38H34BNOS. The first-order valence-corrected chi connectivity index (χ1v) is 15.8. The third-order valence-electron chi connectivity index (χ3n) is 9.04. The summed E-state index contributed by atoms with van der Waals surface area (Å²) in [6.45, 7) is 13.7. The Labute approximate surface area is 252 Å². The lowest BCUT2D eigenvalue weighted by Gasteiger charge is -2.41. The molecule has 42 heavy (non-hydrogen) atoms. The van der Waals surface area contributed by atoms with Crippen molar-refractivity contribution in [1.82, 2.24) is 0 Å². The number of fused-ring (bicyclic) bond motifs is 8. The van der Waals surface area contributed by atoms with Gasteiger partial charge < -0.3 is 9.55 Å². The van der Waals surface area contributed by atoms with Gasteiger partial charge in [-0.25, -0.2) is 0 Å². The minimum atomic E-state index is -0.195. The first-order valence-electron chi connectivity index (χ1n) is 14.9. The van der Waals surface area contributed by atoms with E-state index in [2.05, 4.69) is 143 Å². The second-order valence-electron chi connectivity index (χ2n) is 13.8. The summed E-state index contributed by atoms with van der Waals surface area (Å²) >= 11 is 1.82. The van der Waals surface area contributed by atoms with Crippen LogP contribution in [0.1, 0.15) is 52.7 Å². The predicted octanol–water partition coefficient (Wildman–Crippen LogP) is 9.60. The second-order valence-corrected chi connectivity index (χ2v) is 14.8. The smallest absolute Gasteiger partial charge is 0.432 e. The highest BCUT2D eigenvalue weighted by Gasteiger charge is 2.44. The van der Waals surface area contributed by atoms with Crippen LogP contribution in [0.2, 0.25) is 0 Å². The summed E-state index contributed by atoms with van der Waals surface area (Å²) in [7, 11) is 0. The summed E-state index contributed by atoms with van der Waals surface area (Å²) in [6, 6.07) is 33.8. The van der Waals surface area contributed by atoms with Gasteiger partial charge in [0.1, 0.15) is 5.75 Å². The first-order chi connectivity index (χ1) is 20.1. The zero-order valence-electron chi connectivity index (χ0n) is 25.1. The van der Waals surface area contributed by atoms with Gasteiger partial charge in [0.05, 0.1) is 5.69 Å². The van der Waals surface area contributed by atoms with E-state index in [1.807, 2.05) is 11.3 Å². The normalized spacial score (nSPS) is 14.0. The van der Waals surface area contributed by atoms with Crippen LogP contribution in [-0.2, 0) is 10.8 Å². The van der Waals surface area contributed by atoms with E-state index in [0.29, 0.717) is 0 Å². The van der Waals surface area contributed by atoms with Crippen LogP contribution in [0.15, 0.2) is 96.4 Å². The van der Waals surface area contributed by atoms with E-state index in [-0.39, 0.29) is 17.7 Å². The highest BCUT2D eigenvalue weighted by molar-refractivity contribution is 7.17. The summed E-state index contributed by atoms with van der Waals surface area (Å²) in [6.07, 6.45) is 0. The molecule has 6 aromatic rings. The van der Waals surface area contributed by atoms with E-state index in [1.165, 1.54) is 71.1 Å². The SMILES string of the molecule is CC(C)(C)c1cc(N2c3ccc4ccccc4c3B3Oc4ccccc4-c4cc5sccc5c2c43)cc(C(C)(C)C)c1. The molecule has 2 nitrogen and oxygen atoms in total. The number of thiophene rings is 1. The monoisotopic (exact) mass is 563 g/mol. The first kappa shape index (κ1) is 25.7. The van der Waals surface area contributed by atoms with Crippen molar-refractivity contribution < 1.29 is 4.65 Å². The lowest BCUT2D eigenvalue weighted by molar-refractivity contribution is 0.568. The van der Waals surface area contributed by atoms with E-state index in [4.69, 9.17) is 4.65 Å². The molecule has 3 heterocycles. The summed E-state index contributed by atoms with van der Waals surface area (Å²) < 4.78 is 8.32. The van der Waals surface area contributed by atoms with Crippen molar-refractivity contribution in [2.24, 2.45) is 0 Å². The van der Waals surface area contributed by atoms with Gasteiger partial charge in [-0.15, -0.1) is 11.3 Å². The van der Waals surface area contributed by atoms with Gasteiger partial charge in [-0.1, -0.05) is 96.1 Å². The third kappa shape index (κ3) is 3.71. The van der Waals surface area contributed by atoms with Crippen molar-refractivity contribution in [1.29, 1.82) is 0 Å². The van der Waals surface area contributed by atoms with E-state index in [1.54, 1.807) is 0 Å². The Morgan fingerprint density at radius 3 is 2.14 bits per heavy atom. The molecule has 0 unspecified atom stereocenters. The fourth-order valence-electron chi connectivity index (χ4n) is 6.77. The van der Waals surface area contributed by atoms with E-state index >= 15 is 0 Å². The zero-order valence-corrected chi connectivity index (χ0v) is 25.9. The van der Waals surface area contributed by atoms with E-state index in [0.717, 1.165) is 5.75 Å². The van der Waals surface area contributed by atoms with Gasteiger partial charge >= 0.3 is 6.92 Å². The molecule has 0 bridgehead atoms. The van der Waals surface area contributed by atoms with Crippen LogP contribution in [0, 0.1) is 0 Å². The standard InChI is InChI=1S/C38H34BNOS/c1-37(2,3)24-19-25(38(4,5)6)21-26(20-24)40-31-16-15-23-11-7-8-12-27(23)34(31)39-35-30(28-13-9-10-14-32(28)41-39)22-33-29(36(35)40)17-18-42-33/h7-22H,1-6H3. The fraction of sp³-hybridized carbons (Fsp3) is 0.211. The highest BCUT2D eigenvalue weighted by atomic mass is 32.1. The second kappa shape index (κ2) is 8.75. The van der Waals surface area contributed by atoms with Crippen LogP contribution in [-0.4, -0.2) is 6.92 Å². The predicted molar refractivity (Wildman–Crippen MR) is 182 cm³/mol. The van der Waals surface area contributed by atoms with Crippen molar-refractivity contribution >= 4 is 67.1 Å². The van der Waals surface area contributed by atoms with Crippen LogP contribution in [0.5, 0.6) is 5.75 Å². The van der Waals surface area contributed by atoms with Crippen molar-refractivity contribution in [3.63, 3.8) is 0 Å². The molecule has 0 fully saturated rings. The van der Waals surface area contributed by atoms with Crippen LogP contribution in [0.4, 0.5) is 17.1 Å². The number of benzene rings is 5. The lowest BCUT2D eigenvalue weighted by Crippen LogP contribution is -2.56. The van der Waals surface area contributed by atoms with Gasteiger partial charge in [-0.3, -0.25) is 0 Å². The molecule has 1 aromatic heterocycles. The molecule has 0 N–H and O–H groups in total. The van der Waals surface area contributed by atoms with E-state index < -0.39 is 0 Å². The Hall–Kier alpha value is -4.02. The van der Waals surface area contributed by atoms with Crippen molar-refractivity contribution in [2.75, 3.05) is 4.90 Å². The fourth-order valence-corrected chi connectivity index (χ4v) is 7.60. The summed E-state index contributed by atoms with van der Waals surface area (Å²) in [5.41, 5.74) is 11.3.